The van der Waals surface area contributed by atoms with Crippen LogP contribution in [0.25, 0.3) is 0 Å². The molecule has 0 radical (unpaired) electrons. The van der Waals surface area contributed by atoms with Gasteiger partial charge in [0.25, 0.3) is 5.91 Å². The highest BCUT2D eigenvalue weighted by Gasteiger charge is 2.23. The van der Waals surface area contributed by atoms with Gasteiger partial charge in [0.2, 0.25) is 5.91 Å². The van der Waals surface area contributed by atoms with E-state index in [4.69, 9.17) is 16.3 Å². The fourth-order valence-electron chi connectivity index (χ4n) is 3.28. The number of carbonyl (C=O) groups is 2. The van der Waals surface area contributed by atoms with Gasteiger partial charge in [0.05, 0.1) is 5.56 Å². The summed E-state index contributed by atoms with van der Waals surface area (Å²) < 4.78 is 8.06. The molecule has 28 heavy (non-hydrogen) atoms. The van der Waals surface area contributed by atoms with Crippen LogP contribution < -0.4 is 10.1 Å². The maximum atomic E-state index is 12.7. The number of hydrogen-bond donors (Lipinski definition) is 1. The summed E-state index contributed by atoms with van der Waals surface area (Å²) in [6.07, 6.45) is 5.06. The van der Waals surface area contributed by atoms with Crippen LogP contribution in [0.1, 0.15) is 35.9 Å². The summed E-state index contributed by atoms with van der Waals surface area (Å²) >= 11 is 6.10. The van der Waals surface area contributed by atoms with Crippen LogP contribution in [0, 0.1) is 6.92 Å². The number of hydrogen-bond acceptors (Lipinski definition) is 4. The second kappa shape index (κ2) is 9.10. The third-order valence-corrected chi connectivity index (χ3v) is 5.16. The molecule has 2 amide bonds. The molecule has 150 valence electrons. The average molecular weight is 405 g/mol. The number of rotatable bonds is 6. The number of carbonyl (C=O) groups excluding carboxylic acids is 2. The molecule has 1 aliphatic heterocycles. The van der Waals surface area contributed by atoms with Crippen molar-refractivity contribution in [2.24, 2.45) is 0 Å². The van der Waals surface area contributed by atoms with Crippen molar-refractivity contribution in [2.45, 2.75) is 39.3 Å². The average Bonchev–Trinajstić information content (AvgIpc) is 3.08. The highest BCUT2D eigenvalue weighted by Crippen LogP contribution is 2.26. The van der Waals surface area contributed by atoms with Gasteiger partial charge in [0, 0.05) is 63.4 Å². The van der Waals surface area contributed by atoms with Gasteiger partial charge in [-0.25, -0.2) is 4.98 Å². The van der Waals surface area contributed by atoms with E-state index in [0.29, 0.717) is 42.5 Å². The Hall–Kier alpha value is -2.54. The molecule has 8 heteroatoms. The SMILES string of the molecule is CC(=O)N1CCC(Oc2ccc(Cl)cc2C(=O)NCCn2ccnc2C)CC1. The van der Waals surface area contributed by atoms with Gasteiger partial charge >= 0.3 is 0 Å². The van der Waals surface area contributed by atoms with Crippen LogP contribution in [0.2, 0.25) is 5.02 Å². The van der Waals surface area contributed by atoms with Crippen molar-refractivity contribution >= 4 is 23.4 Å². The minimum Gasteiger partial charge on any atom is -0.489 e. The number of amides is 2. The normalized spacial score (nSPS) is 14.8. The largest absolute Gasteiger partial charge is 0.489 e. The van der Waals surface area contributed by atoms with Crippen molar-refractivity contribution < 1.29 is 14.3 Å². The van der Waals surface area contributed by atoms with Gasteiger partial charge in [0.15, 0.2) is 0 Å². The molecule has 0 saturated carbocycles. The zero-order valence-corrected chi connectivity index (χ0v) is 16.9. The predicted octanol–water partition coefficient (Wildman–Crippen LogP) is 2.66. The first-order chi connectivity index (χ1) is 13.4. The Kier molecular flexibility index (Phi) is 6.57. The van der Waals surface area contributed by atoms with E-state index in [1.165, 1.54) is 0 Å². The second-order valence-corrected chi connectivity index (χ2v) is 7.32. The molecule has 1 aliphatic rings. The van der Waals surface area contributed by atoms with Crippen LogP contribution in [-0.2, 0) is 11.3 Å². The lowest BCUT2D eigenvalue weighted by atomic mass is 10.1. The number of halogens is 1. The number of benzene rings is 1. The van der Waals surface area contributed by atoms with E-state index >= 15 is 0 Å². The molecule has 1 saturated heterocycles. The van der Waals surface area contributed by atoms with Crippen LogP contribution >= 0.6 is 11.6 Å². The first-order valence-corrected chi connectivity index (χ1v) is 9.79. The maximum Gasteiger partial charge on any atom is 0.255 e. The molecule has 0 spiro atoms. The molecule has 2 aromatic rings. The van der Waals surface area contributed by atoms with Crippen LogP contribution in [0.3, 0.4) is 0 Å². The highest BCUT2D eigenvalue weighted by atomic mass is 35.5. The Balaban J connectivity index is 1.61. The predicted molar refractivity (Wildman–Crippen MR) is 107 cm³/mol. The van der Waals surface area contributed by atoms with Crippen molar-refractivity contribution in [3.8, 4) is 5.75 Å². The minimum atomic E-state index is -0.226. The summed E-state index contributed by atoms with van der Waals surface area (Å²) in [5.74, 6) is 1.27. The zero-order chi connectivity index (χ0) is 20.1. The van der Waals surface area contributed by atoms with Crippen molar-refractivity contribution in [1.29, 1.82) is 0 Å². The Labute approximate surface area is 169 Å². The molecule has 1 N–H and O–H groups in total. The van der Waals surface area contributed by atoms with Crippen LogP contribution in [-0.4, -0.2) is 52.0 Å². The van der Waals surface area contributed by atoms with E-state index in [-0.39, 0.29) is 17.9 Å². The molecule has 0 unspecified atom stereocenters. The van der Waals surface area contributed by atoms with Crippen molar-refractivity contribution in [1.82, 2.24) is 19.8 Å². The maximum absolute atomic E-state index is 12.7. The van der Waals surface area contributed by atoms with Gasteiger partial charge in [-0.2, -0.15) is 0 Å². The summed E-state index contributed by atoms with van der Waals surface area (Å²) in [6.45, 7) is 5.94. The Morgan fingerprint density at radius 3 is 2.71 bits per heavy atom. The number of nitrogens with one attached hydrogen (secondary N) is 1. The van der Waals surface area contributed by atoms with Gasteiger partial charge in [-0.3, -0.25) is 9.59 Å². The minimum absolute atomic E-state index is 0.0306. The lowest BCUT2D eigenvalue weighted by Crippen LogP contribution is -2.40. The summed E-state index contributed by atoms with van der Waals surface area (Å²) in [5.41, 5.74) is 0.420. The first kappa shape index (κ1) is 20.2. The van der Waals surface area contributed by atoms with Gasteiger partial charge < -0.3 is 19.5 Å². The molecule has 1 fully saturated rings. The molecular weight excluding hydrogens is 380 g/mol. The van der Waals surface area contributed by atoms with E-state index in [1.807, 2.05) is 22.6 Å². The van der Waals surface area contributed by atoms with E-state index in [0.717, 1.165) is 18.7 Å². The summed E-state index contributed by atoms with van der Waals surface area (Å²) in [7, 11) is 0. The van der Waals surface area contributed by atoms with Crippen LogP contribution in [0.15, 0.2) is 30.6 Å². The van der Waals surface area contributed by atoms with Gasteiger partial charge in [0.1, 0.15) is 17.7 Å². The third-order valence-electron chi connectivity index (χ3n) is 4.93. The number of likely N-dealkylation sites (tertiary alicyclic amines) is 1. The van der Waals surface area contributed by atoms with E-state index < -0.39 is 0 Å². The lowest BCUT2D eigenvalue weighted by molar-refractivity contribution is -0.130. The molecule has 1 aromatic heterocycles. The number of imidazole rings is 1. The quantitative estimate of drug-likeness (QED) is 0.803. The van der Waals surface area contributed by atoms with Crippen LogP contribution in [0.5, 0.6) is 5.75 Å². The number of aryl methyl sites for hydroxylation is 1. The van der Waals surface area contributed by atoms with Crippen molar-refractivity contribution in [3.63, 3.8) is 0 Å². The fourth-order valence-corrected chi connectivity index (χ4v) is 3.45. The van der Waals surface area contributed by atoms with E-state index in [9.17, 15) is 9.59 Å². The van der Waals surface area contributed by atoms with E-state index in [2.05, 4.69) is 10.3 Å². The molecule has 0 atom stereocenters. The smallest absolute Gasteiger partial charge is 0.255 e. The second-order valence-electron chi connectivity index (χ2n) is 6.89. The molecule has 0 bridgehead atoms. The van der Waals surface area contributed by atoms with Gasteiger partial charge in [-0.05, 0) is 25.1 Å². The lowest BCUT2D eigenvalue weighted by Gasteiger charge is -2.31. The third kappa shape index (κ3) is 5.04. The first-order valence-electron chi connectivity index (χ1n) is 9.41. The molecule has 1 aromatic carbocycles. The Morgan fingerprint density at radius 1 is 1.32 bits per heavy atom. The number of piperidine rings is 1. The molecule has 3 rings (SSSR count). The highest BCUT2D eigenvalue weighted by molar-refractivity contribution is 6.31. The molecule has 2 heterocycles. The number of aromatic nitrogens is 2. The monoisotopic (exact) mass is 404 g/mol. The molecular formula is C20H25ClN4O3. The summed E-state index contributed by atoms with van der Waals surface area (Å²) in [6, 6.07) is 5.07. The Bertz CT molecular complexity index is 844. The van der Waals surface area contributed by atoms with Crippen molar-refractivity contribution in [2.75, 3.05) is 19.6 Å². The molecule has 7 nitrogen and oxygen atoms in total. The van der Waals surface area contributed by atoms with Gasteiger partial charge in [-0.1, -0.05) is 11.6 Å². The Morgan fingerprint density at radius 2 is 2.07 bits per heavy atom. The standard InChI is InChI=1S/C20H25ClN4O3/c1-14-22-7-11-24(14)12-8-23-20(27)18-13-16(21)3-4-19(18)28-17-5-9-25(10-6-17)15(2)26/h3-4,7,11,13,17H,5-6,8-10,12H2,1-2H3,(H,23,27). The van der Waals surface area contributed by atoms with Crippen molar-refractivity contribution in [3.05, 3.63) is 47.0 Å². The number of nitrogens with zero attached hydrogens (tertiary/aromatic N) is 3. The van der Waals surface area contributed by atoms with E-state index in [1.54, 1.807) is 31.3 Å². The topological polar surface area (TPSA) is 76.5 Å². The number of ether oxygens (including phenoxy) is 1. The zero-order valence-electron chi connectivity index (χ0n) is 16.2. The van der Waals surface area contributed by atoms with Gasteiger partial charge in [-0.15, -0.1) is 0 Å². The summed E-state index contributed by atoms with van der Waals surface area (Å²) in [4.78, 5) is 30.1. The van der Waals surface area contributed by atoms with Crippen LogP contribution in [0.4, 0.5) is 0 Å². The molecule has 0 aliphatic carbocycles. The summed E-state index contributed by atoms with van der Waals surface area (Å²) in [5, 5.41) is 3.39. The fraction of sp³-hybridized carbons (Fsp3) is 0.450.